The average molecular weight is 334 g/mol. The highest BCUT2D eigenvalue weighted by Crippen LogP contribution is 2.31. The van der Waals surface area contributed by atoms with Crippen molar-refractivity contribution in [2.75, 3.05) is 0 Å². The van der Waals surface area contributed by atoms with Crippen LogP contribution in [0.5, 0.6) is 0 Å². The van der Waals surface area contributed by atoms with Gasteiger partial charge in [-0.25, -0.2) is 9.78 Å². The lowest BCUT2D eigenvalue weighted by molar-refractivity contribution is -0.139. The zero-order valence-electron chi connectivity index (χ0n) is 9.89. The van der Waals surface area contributed by atoms with Gasteiger partial charge in [0.15, 0.2) is 0 Å². The van der Waals surface area contributed by atoms with Crippen LogP contribution >= 0.6 is 34.5 Å². The Kier molecular flexibility index (Phi) is 4.64. The first-order chi connectivity index (χ1) is 9.47. The van der Waals surface area contributed by atoms with E-state index in [1.807, 2.05) is 0 Å². The van der Waals surface area contributed by atoms with Gasteiger partial charge in [-0.05, 0) is 6.07 Å². The normalized spacial score (nSPS) is 12.1. The summed E-state index contributed by atoms with van der Waals surface area (Å²) in [5.41, 5.74) is 0.768. The Morgan fingerprint density at radius 3 is 2.75 bits per heavy atom. The minimum absolute atomic E-state index is 0.0938. The summed E-state index contributed by atoms with van der Waals surface area (Å²) in [6.07, 6.45) is 3.03. The van der Waals surface area contributed by atoms with Crippen LogP contribution in [0.1, 0.15) is 16.1 Å². The monoisotopic (exact) mass is 333 g/mol. The van der Waals surface area contributed by atoms with Crippen LogP contribution in [0.4, 0.5) is 0 Å². The van der Waals surface area contributed by atoms with E-state index in [1.54, 1.807) is 0 Å². The molecule has 0 fully saturated rings. The molecule has 1 atom stereocenters. The van der Waals surface area contributed by atoms with Gasteiger partial charge in [0.1, 0.15) is 10.4 Å². The molecule has 0 bridgehead atoms. The fraction of sp³-hybridized carbons (Fsp3) is 0.182. The first kappa shape index (κ1) is 14.8. The van der Waals surface area contributed by atoms with Crippen molar-refractivity contribution in [1.82, 2.24) is 15.3 Å². The van der Waals surface area contributed by atoms with Gasteiger partial charge in [-0.3, -0.25) is 4.79 Å². The van der Waals surface area contributed by atoms with Crippen LogP contribution in [-0.2, 0) is 11.2 Å². The predicted octanol–water partition coefficient (Wildman–Crippen LogP) is 2.20. The minimum Gasteiger partial charge on any atom is -0.480 e. The number of aliphatic carboxylic acids is 1. The maximum absolute atomic E-state index is 12.0. The molecule has 0 spiro atoms. The molecule has 2 heterocycles. The van der Waals surface area contributed by atoms with E-state index >= 15 is 0 Å². The van der Waals surface area contributed by atoms with Crippen LogP contribution in [0, 0.1) is 0 Å². The Morgan fingerprint density at radius 2 is 2.25 bits per heavy atom. The molecule has 0 aromatic carbocycles. The number of H-pyrrole nitrogens is 1. The molecule has 3 N–H and O–H groups in total. The summed E-state index contributed by atoms with van der Waals surface area (Å²) in [5.74, 6) is -1.73. The van der Waals surface area contributed by atoms with Crippen molar-refractivity contribution in [1.29, 1.82) is 0 Å². The van der Waals surface area contributed by atoms with Crippen molar-refractivity contribution in [2.45, 2.75) is 12.5 Å². The third kappa shape index (κ3) is 3.50. The van der Waals surface area contributed by atoms with Gasteiger partial charge >= 0.3 is 5.97 Å². The van der Waals surface area contributed by atoms with Crippen LogP contribution in [0.25, 0.3) is 0 Å². The lowest BCUT2D eigenvalue weighted by Crippen LogP contribution is -2.42. The quantitative estimate of drug-likeness (QED) is 0.781. The Morgan fingerprint density at radius 1 is 1.50 bits per heavy atom. The number of carboxylic acid groups (broad SMARTS) is 1. The van der Waals surface area contributed by atoms with E-state index in [9.17, 15) is 9.59 Å². The fourth-order valence-corrected chi connectivity index (χ4v) is 3.01. The second kappa shape index (κ2) is 6.25. The maximum atomic E-state index is 12.0. The topological polar surface area (TPSA) is 95.1 Å². The van der Waals surface area contributed by atoms with Crippen LogP contribution in [0.15, 0.2) is 18.6 Å². The molecule has 2 aromatic rings. The van der Waals surface area contributed by atoms with Crippen LogP contribution in [0.2, 0.25) is 8.67 Å². The zero-order chi connectivity index (χ0) is 14.7. The number of carbonyl (C=O) groups excluding carboxylic acids is 1. The van der Waals surface area contributed by atoms with E-state index in [-0.39, 0.29) is 16.3 Å². The van der Waals surface area contributed by atoms with Crippen LogP contribution in [-0.4, -0.2) is 33.0 Å². The molecule has 0 saturated heterocycles. The Balaban J connectivity index is 2.10. The number of hydrogen-bond donors (Lipinski definition) is 3. The second-order valence-electron chi connectivity index (χ2n) is 3.88. The summed E-state index contributed by atoms with van der Waals surface area (Å²) in [6.45, 7) is 0. The fourth-order valence-electron chi connectivity index (χ4n) is 1.55. The molecule has 6 nitrogen and oxygen atoms in total. The molecule has 20 heavy (non-hydrogen) atoms. The summed E-state index contributed by atoms with van der Waals surface area (Å²) in [4.78, 5) is 29.7. The molecule has 0 saturated carbocycles. The number of rotatable bonds is 5. The van der Waals surface area contributed by atoms with E-state index in [2.05, 4.69) is 15.3 Å². The molecular weight excluding hydrogens is 325 g/mol. The molecule has 2 rings (SSSR count). The van der Waals surface area contributed by atoms with E-state index < -0.39 is 17.9 Å². The Hall–Kier alpha value is -1.57. The molecule has 106 valence electrons. The molecule has 2 aromatic heterocycles. The van der Waals surface area contributed by atoms with E-state index in [0.717, 1.165) is 11.3 Å². The van der Waals surface area contributed by atoms with Crippen molar-refractivity contribution in [2.24, 2.45) is 0 Å². The molecule has 0 aliphatic heterocycles. The van der Waals surface area contributed by atoms with E-state index in [0.29, 0.717) is 10.0 Å². The number of nitrogens with zero attached hydrogens (tertiary/aromatic N) is 1. The van der Waals surface area contributed by atoms with Crippen molar-refractivity contribution in [3.8, 4) is 0 Å². The summed E-state index contributed by atoms with van der Waals surface area (Å²) in [6, 6.07) is 0.316. The number of thiophene rings is 1. The maximum Gasteiger partial charge on any atom is 0.326 e. The number of imidazole rings is 1. The van der Waals surface area contributed by atoms with Crippen molar-refractivity contribution in [3.63, 3.8) is 0 Å². The lowest BCUT2D eigenvalue weighted by Gasteiger charge is -2.13. The van der Waals surface area contributed by atoms with Gasteiger partial charge in [-0.1, -0.05) is 23.2 Å². The summed E-state index contributed by atoms with van der Waals surface area (Å²) >= 11 is 12.6. The highest BCUT2D eigenvalue weighted by atomic mass is 35.5. The molecular formula is C11H9Cl2N3O3S. The summed E-state index contributed by atoms with van der Waals surface area (Å²) < 4.78 is 0.582. The lowest BCUT2D eigenvalue weighted by atomic mass is 10.1. The summed E-state index contributed by atoms with van der Waals surface area (Å²) in [7, 11) is 0. The highest BCUT2D eigenvalue weighted by Gasteiger charge is 2.23. The van der Waals surface area contributed by atoms with Gasteiger partial charge < -0.3 is 15.4 Å². The highest BCUT2D eigenvalue weighted by molar-refractivity contribution is 7.20. The number of carboxylic acids is 1. The van der Waals surface area contributed by atoms with Gasteiger partial charge in [-0.2, -0.15) is 0 Å². The van der Waals surface area contributed by atoms with E-state index in [1.165, 1.54) is 18.6 Å². The molecule has 0 aliphatic carbocycles. The van der Waals surface area contributed by atoms with Gasteiger partial charge in [0, 0.05) is 18.3 Å². The zero-order valence-corrected chi connectivity index (χ0v) is 12.2. The Labute approximate surface area is 127 Å². The number of carbonyl (C=O) groups is 2. The number of nitrogens with one attached hydrogen (secondary N) is 2. The number of aromatic amines is 1. The first-order valence-electron chi connectivity index (χ1n) is 5.43. The smallest absolute Gasteiger partial charge is 0.326 e. The van der Waals surface area contributed by atoms with Gasteiger partial charge in [0.25, 0.3) is 5.91 Å². The van der Waals surface area contributed by atoms with Gasteiger partial charge in [-0.15, -0.1) is 11.3 Å². The molecule has 1 amide bonds. The molecule has 0 aliphatic rings. The van der Waals surface area contributed by atoms with Crippen molar-refractivity contribution >= 4 is 46.4 Å². The number of halogens is 2. The number of hydrogen-bond acceptors (Lipinski definition) is 4. The van der Waals surface area contributed by atoms with Crippen molar-refractivity contribution < 1.29 is 14.7 Å². The first-order valence-corrected chi connectivity index (χ1v) is 7.00. The molecule has 0 radical (unpaired) electrons. The Bertz CT molecular complexity index is 627. The van der Waals surface area contributed by atoms with Gasteiger partial charge in [0.05, 0.1) is 16.2 Å². The van der Waals surface area contributed by atoms with Crippen molar-refractivity contribution in [3.05, 3.63) is 38.5 Å². The number of aromatic nitrogens is 2. The van der Waals surface area contributed by atoms with Crippen LogP contribution < -0.4 is 5.32 Å². The average Bonchev–Trinajstić information content (AvgIpc) is 2.97. The second-order valence-corrected chi connectivity index (χ2v) is 6.17. The van der Waals surface area contributed by atoms with E-state index in [4.69, 9.17) is 28.3 Å². The van der Waals surface area contributed by atoms with Crippen LogP contribution in [0.3, 0.4) is 0 Å². The standard InChI is InChI=1S/C11H9Cl2N3O3S/c12-8-2-6(9(13)20-8)10(17)16-7(11(18)19)1-5-3-14-4-15-5/h2-4,7H,1H2,(H,14,15)(H,16,17)(H,18,19)/t7-/m0/s1. The predicted molar refractivity (Wildman–Crippen MR) is 75.5 cm³/mol. The SMILES string of the molecule is O=C(N[C@@H](Cc1cnc[nH]1)C(=O)O)c1cc(Cl)sc1Cl. The number of amides is 1. The minimum atomic E-state index is -1.15. The molecule has 0 unspecified atom stereocenters. The largest absolute Gasteiger partial charge is 0.480 e. The molecule has 9 heteroatoms. The third-order valence-corrected chi connectivity index (χ3v) is 3.97. The summed E-state index contributed by atoms with van der Waals surface area (Å²) in [5, 5.41) is 11.5. The third-order valence-electron chi connectivity index (χ3n) is 2.48. The van der Waals surface area contributed by atoms with Gasteiger partial charge in [0.2, 0.25) is 0 Å².